The van der Waals surface area contributed by atoms with Crippen molar-refractivity contribution < 1.29 is 18.7 Å². The second-order valence-corrected chi connectivity index (χ2v) is 9.41. The maximum absolute atomic E-state index is 13.7. The standard InChI is InChI=1S/C24H35FN2O3/c1-18-15-26(16-19(2)30-18)17-20-7-11-27(12-8-20)23(28)24(9-13-29-14-10-24)21-3-5-22(25)6-4-21/h3-6,18-20H,7-17H2,1-2H3. The number of ether oxygens (including phenoxy) is 2. The minimum atomic E-state index is -0.576. The maximum Gasteiger partial charge on any atom is 0.233 e. The number of amides is 1. The lowest BCUT2D eigenvalue weighted by atomic mass is 9.72. The number of likely N-dealkylation sites (tertiary alicyclic amines) is 1. The Hall–Kier alpha value is -1.50. The zero-order valence-corrected chi connectivity index (χ0v) is 18.3. The Labute approximate surface area is 179 Å². The number of piperidine rings is 1. The second kappa shape index (κ2) is 9.33. The number of carbonyl (C=O) groups is 1. The second-order valence-electron chi connectivity index (χ2n) is 9.41. The minimum Gasteiger partial charge on any atom is -0.381 e. The molecule has 2 unspecified atom stereocenters. The van der Waals surface area contributed by atoms with Gasteiger partial charge in [0.15, 0.2) is 0 Å². The van der Waals surface area contributed by atoms with E-state index in [0.717, 1.165) is 51.1 Å². The Morgan fingerprint density at radius 2 is 1.67 bits per heavy atom. The summed E-state index contributed by atoms with van der Waals surface area (Å²) in [7, 11) is 0. The quantitative estimate of drug-likeness (QED) is 0.753. The van der Waals surface area contributed by atoms with Crippen LogP contribution in [0.5, 0.6) is 0 Å². The number of morpholine rings is 1. The Balaban J connectivity index is 1.39. The highest BCUT2D eigenvalue weighted by atomic mass is 19.1. The molecule has 3 heterocycles. The fraction of sp³-hybridized carbons (Fsp3) is 0.708. The third kappa shape index (κ3) is 4.71. The number of hydrogen-bond donors (Lipinski definition) is 0. The van der Waals surface area contributed by atoms with Crippen molar-refractivity contribution in [1.82, 2.24) is 9.80 Å². The minimum absolute atomic E-state index is 0.199. The number of halogens is 1. The molecule has 3 aliphatic heterocycles. The van der Waals surface area contributed by atoms with Gasteiger partial charge in [0.25, 0.3) is 0 Å². The first-order valence-electron chi connectivity index (χ1n) is 11.5. The van der Waals surface area contributed by atoms with Gasteiger partial charge in [-0.1, -0.05) is 12.1 Å². The number of hydrogen-bond acceptors (Lipinski definition) is 4. The molecule has 1 amide bonds. The molecule has 3 saturated heterocycles. The van der Waals surface area contributed by atoms with Crippen molar-refractivity contribution in [2.75, 3.05) is 45.9 Å². The van der Waals surface area contributed by atoms with Gasteiger partial charge in [0.05, 0.1) is 17.6 Å². The summed E-state index contributed by atoms with van der Waals surface area (Å²) in [4.78, 5) is 18.3. The molecule has 0 bridgehead atoms. The molecule has 6 heteroatoms. The fourth-order valence-corrected chi connectivity index (χ4v) is 5.53. The van der Waals surface area contributed by atoms with E-state index in [9.17, 15) is 9.18 Å². The summed E-state index contributed by atoms with van der Waals surface area (Å²) in [6.07, 6.45) is 4.00. The van der Waals surface area contributed by atoms with Crippen LogP contribution in [0.25, 0.3) is 0 Å². The van der Waals surface area contributed by atoms with Crippen molar-refractivity contribution in [3.63, 3.8) is 0 Å². The average Bonchev–Trinajstić information content (AvgIpc) is 2.74. The predicted octanol–water partition coefficient (Wildman–Crippen LogP) is 3.22. The molecule has 0 radical (unpaired) electrons. The van der Waals surface area contributed by atoms with E-state index in [1.165, 1.54) is 12.1 Å². The van der Waals surface area contributed by atoms with Crippen LogP contribution in [0.15, 0.2) is 24.3 Å². The molecule has 0 spiro atoms. The van der Waals surface area contributed by atoms with E-state index < -0.39 is 5.41 Å². The van der Waals surface area contributed by atoms with Crippen LogP contribution in [0.2, 0.25) is 0 Å². The first-order valence-corrected chi connectivity index (χ1v) is 11.5. The zero-order chi connectivity index (χ0) is 21.1. The molecule has 5 nitrogen and oxygen atoms in total. The van der Waals surface area contributed by atoms with E-state index in [4.69, 9.17) is 9.47 Å². The van der Waals surface area contributed by atoms with Crippen LogP contribution in [0, 0.1) is 11.7 Å². The zero-order valence-electron chi connectivity index (χ0n) is 18.3. The van der Waals surface area contributed by atoms with Crippen molar-refractivity contribution in [1.29, 1.82) is 0 Å². The number of rotatable bonds is 4. The molecule has 30 heavy (non-hydrogen) atoms. The average molecular weight is 419 g/mol. The Bertz CT molecular complexity index is 702. The van der Waals surface area contributed by atoms with Crippen LogP contribution in [-0.2, 0) is 19.7 Å². The fourth-order valence-electron chi connectivity index (χ4n) is 5.53. The lowest BCUT2D eigenvalue weighted by Gasteiger charge is -2.43. The molecular weight excluding hydrogens is 383 g/mol. The highest BCUT2D eigenvalue weighted by Gasteiger charge is 2.44. The summed E-state index contributed by atoms with van der Waals surface area (Å²) in [5, 5.41) is 0. The smallest absolute Gasteiger partial charge is 0.233 e. The third-order valence-corrected chi connectivity index (χ3v) is 7.07. The summed E-state index contributed by atoms with van der Waals surface area (Å²) < 4.78 is 24.9. The van der Waals surface area contributed by atoms with Gasteiger partial charge in [-0.05, 0) is 63.1 Å². The maximum atomic E-state index is 13.7. The van der Waals surface area contributed by atoms with Gasteiger partial charge in [-0.15, -0.1) is 0 Å². The third-order valence-electron chi connectivity index (χ3n) is 7.07. The number of nitrogens with zero attached hydrogens (tertiary/aromatic N) is 2. The molecule has 3 aliphatic rings. The molecule has 3 fully saturated rings. The molecule has 1 aromatic carbocycles. The predicted molar refractivity (Wildman–Crippen MR) is 114 cm³/mol. The van der Waals surface area contributed by atoms with Crippen LogP contribution < -0.4 is 0 Å². The topological polar surface area (TPSA) is 42.0 Å². The summed E-state index contributed by atoms with van der Waals surface area (Å²) in [6, 6.07) is 6.50. The Morgan fingerprint density at radius 1 is 1.07 bits per heavy atom. The summed E-state index contributed by atoms with van der Waals surface area (Å²) in [5.74, 6) is 0.563. The molecule has 0 N–H and O–H groups in total. The molecule has 0 aliphatic carbocycles. The van der Waals surface area contributed by atoms with Gasteiger partial charge in [0.1, 0.15) is 5.82 Å². The molecule has 0 aromatic heterocycles. The molecule has 2 atom stereocenters. The van der Waals surface area contributed by atoms with Crippen molar-refractivity contribution in [3.8, 4) is 0 Å². The SMILES string of the molecule is CC1CN(CC2CCN(C(=O)C3(c4ccc(F)cc4)CCOCC3)CC2)CC(C)O1. The van der Waals surface area contributed by atoms with Gasteiger partial charge >= 0.3 is 0 Å². The van der Waals surface area contributed by atoms with Gasteiger partial charge in [0.2, 0.25) is 5.91 Å². The molecule has 166 valence electrons. The lowest BCUT2D eigenvalue weighted by Crippen LogP contribution is -2.53. The number of carbonyl (C=O) groups excluding carboxylic acids is 1. The first-order chi connectivity index (χ1) is 14.5. The van der Waals surface area contributed by atoms with Gasteiger partial charge in [-0.2, -0.15) is 0 Å². The van der Waals surface area contributed by atoms with Gasteiger partial charge in [-0.3, -0.25) is 9.69 Å². The van der Waals surface area contributed by atoms with Crippen molar-refractivity contribution >= 4 is 5.91 Å². The first kappa shape index (κ1) is 21.7. The van der Waals surface area contributed by atoms with E-state index in [1.54, 1.807) is 12.1 Å². The largest absolute Gasteiger partial charge is 0.381 e. The van der Waals surface area contributed by atoms with Crippen LogP contribution >= 0.6 is 0 Å². The normalized spacial score (nSPS) is 28.4. The van der Waals surface area contributed by atoms with Crippen molar-refractivity contribution in [2.45, 2.75) is 57.2 Å². The van der Waals surface area contributed by atoms with Crippen LogP contribution in [0.3, 0.4) is 0 Å². The monoisotopic (exact) mass is 418 g/mol. The van der Waals surface area contributed by atoms with Gasteiger partial charge < -0.3 is 14.4 Å². The van der Waals surface area contributed by atoms with E-state index in [1.807, 2.05) is 0 Å². The van der Waals surface area contributed by atoms with E-state index in [-0.39, 0.29) is 11.7 Å². The molecule has 0 saturated carbocycles. The summed E-state index contributed by atoms with van der Waals surface area (Å²) in [5.41, 5.74) is 0.351. The Morgan fingerprint density at radius 3 is 2.27 bits per heavy atom. The van der Waals surface area contributed by atoms with Gasteiger partial charge in [0, 0.05) is 45.9 Å². The van der Waals surface area contributed by atoms with E-state index >= 15 is 0 Å². The highest BCUT2D eigenvalue weighted by Crippen LogP contribution is 2.38. The molecular formula is C24H35FN2O3. The van der Waals surface area contributed by atoms with Gasteiger partial charge in [-0.25, -0.2) is 4.39 Å². The molecule has 1 aromatic rings. The molecule has 4 rings (SSSR count). The lowest BCUT2D eigenvalue weighted by molar-refractivity contribution is -0.143. The summed E-state index contributed by atoms with van der Waals surface area (Å²) >= 11 is 0. The van der Waals surface area contributed by atoms with E-state index in [0.29, 0.717) is 44.2 Å². The van der Waals surface area contributed by atoms with Crippen molar-refractivity contribution in [3.05, 3.63) is 35.6 Å². The summed E-state index contributed by atoms with van der Waals surface area (Å²) in [6.45, 7) is 10.1. The van der Waals surface area contributed by atoms with Crippen LogP contribution in [-0.4, -0.2) is 73.9 Å². The number of benzene rings is 1. The Kier molecular flexibility index (Phi) is 6.75. The van der Waals surface area contributed by atoms with Crippen LogP contribution in [0.1, 0.15) is 45.1 Å². The highest BCUT2D eigenvalue weighted by molar-refractivity contribution is 5.88. The van der Waals surface area contributed by atoms with Crippen molar-refractivity contribution in [2.24, 2.45) is 5.92 Å². The van der Waals surface area contributed by atoms with E-state index in [2.05, 4.69) is 23.6 Å². The van der Waals surface area contributed by atoms with Crippen LogP contribution in [0.4, 0.5) is 4.39 Å².